The number of carbonyl (C=O) groups excluding carboxylic acids is 1. The molecule has 0 aliphatic heterocycles. The lowest BCUT2D eigenvalue weighted by molar-refractivity contribution is -0.182. The number of hydrogen-bond acceptors (Lipinski definition) is 10. The Bertz CT molecular complexity index is 1500. The Kier molecular flexibility index (Phi) is 9.47. The summed E-state index contributed by atoms with van der Waals surface area (Å²) in [6.45, 7) is 0.0482. The molecular formula is C25H27F4N7O4S. The van der Waals surface area contributed by atoms with Crippen molar-refractivity contribution in [2.75, 3.05) is 23.9 Å². The first-order valence-electron chi connectivity index (χ1n) is 12.0. The number of rotatable bonds is 11. The third-order valence-electron chi connectivity index (χ3n) is 5.98. The van der Waals surface area contributed by atoms with Crippen molar-refractivity contribution in [1.82, 2.24) is 15.3 Å². The van der Waals surface area contributed by atoms with Gasteiger partial charge in [0, 0.05) is 42.7 Å². The molecule has 1 amide bonds. The van der Waals surface area contributed by atoms with Gasteiger partial charge in [-0.1, -0.05) is 12.1 Å². The number of hydrogen-bond donors (Lipinski definition) is 5. The van der Waals surface area contributed by atoms with E-state index in [1.54, 1.807) is 0 Å². The molecule has 0 saturated heterocycles. The van der Waals surface area contributed by atoms with Gasteiger partial charge in [-0.25, -0.2) is 22.8 Å². The highest BCUT2D eigenvalue weighted by Gasteiger charge is 2.66. The standard InChI is InChI=1S/C25H27F4N7O4S/c1-41(39,40)7-6-32-14-18(11-30)35-23-33-12-17(13-34-23)15-2-3-16(19(26)8-15)9-22(38)36-21(31)10-20(37)24(4-5-24)25(27,28)29/h2-3,8,10-14,37H,4-7,9,30H2,1H3,(H2,31,36,38)(H,33,34,35)/b18-11?,20-10-,32-14?. The van der Waals surface area contributed by atoms with Crippen LogP contribution in [0.5, 0.6) is 0 Å². The van der Waals surface area contributed by atoms with Crippen molar-refractivity contribution in [3.05, 3.63) is 65.7 Å². The van der Waals surface area contributed by atoms with Crippen LogP contribution in [0.2, 0.25) is 0 Å². The number of allylic oxidation sites excluding steroid dienone is 2. The van der Waals surface area contributed by atoms with Gasteiger partial charge in [0.15, 0.2) is 0 Å². The van der Waals surface area contributed by atoms with Gasteiger partial charge in [-0.2, -0.15) is 13.2 Å². The van der Waals surface area contributed by atoms with Gasteiger partial charge in [0.2, 0.25) is 11.9 Å². The van der Waals surface area contributed by atoms with E-state index in [0.717, 1.165) is 12.3 Å². The van der Waals surface area contributed by atoms with Gasteiger partial charge in [0.1, 0.15) is 32.7 Å². The minimum atomic E-state index is -4.67. The molecule has 6 N–H and O–H groups in total. The van der Waals surface area contributed by atoms with Crippen LogP contribution in [-0.2, 0) is 21.1 Å². The van der Waals surface area contributed by atoms with Crippen molar-refractivity contribution < 1.29 is 35.9 Å². The van der Waals surface area contributed by atoms with Crippen LogP contribution in [-0.4, -0.2) is 66.2 Å². The Balaban J connectivity index is 1.58. The van der Waals surface area contributed by atoms with E-state index in [9.17, 15) is 35.9 Å². The number of nitrogens with zero attached hydrogens (tertiary/aromatic N) is 3. The molecular weight excluding hydrogens is 570 g/mol. The Morgan fingerprint density at radius 2 is 1.90 bits per heavy atom. The summed E-state index contributed by atoms with van der Waals surface area (Å²) >= 11 is 0. The van der Waals surface area contributed by atoms with Gasteiger partial charge in [-0.15, -0.1) is 0 Å². The van der Waals surface area contributed by atoms with Gasteiger partial charge in [0.25, 0.3) is 0 Å². The van der Waals surface area contributed by atoms with Crippen LogP contribution in [0.1, 0.15) is 18.4 Å². The summed E-state index contributed by atoms with van der Waals surface area (Å²) in [5, 5.41) is 22.3. The minimum Gasteiger partial charge on any atom is -0.511 e. The number of carbonyl (C=O) groups is 1. The molecule has 0 atom stereocenters. The highest BCUT2D eigenvalue weighted by Crippen LogP contribution is 2.61. The molecule has 0 spiro atoms. The Labute approximate surface area is 232 Å². The van der Waals surface area contributed by atoms with Crippen LogP contribution in [0.25, 0.3) is 11.1 Å². The van der Waals surface area contributed by atoms with Crippen LogP contribution in [0, 0.1) is 16.6 Å². The quantitative estimate of drug-likeness (QED) is 0.113. The fraction of sp³-hybridized carbons (Fsp3) is 0.320. The number of aliphatic hydroxyl groups excluding tert-OH is 1. The van der Waals surface area contributed by atoms with Crippen molar-refractivity contribution in [3.63, 3.8) is 0 Å². The molecule has 1 saturated carbocycles. The van der Waals surface area contributed by atoms with E-state index in [0.29, 0.717) is 22.9 Å². The predicted octanol–water partition coefficient (Wildman–Crippen LogP) is 3.03. The Morgan fingerprint density at radius 3 is 2.44 bits per heavy atom. The molecule has 0 radical (unpaired) electrons. The van der Waals surface area contributed by atoms with Crippen LogP contribution in [0.15, 0.2) is 59.3 Å². The van der Waals surface area contributed by atoms with E-state index >= 15 is 0 Å². The third kappa shape index (κ3) is 8.57. The molecule has 1 aliphatic carbocycles. The molecule has 16 heteroatoms. The molecule has 0 unspecified atom stereocenters. The summed E-state index contributed by atoms with van der Waals surface area (Å²) < 4.78 is 76.3. The monoisotopic (exact) mass is 597 g/mol. The molecule has 3 rings (SSSR count). The Hall–Kier alpha value is -4.34. The molecule has 0 bridgehead atoms. The van der Waals surface area contributed by atoms with Gasteiger partial charge in [-0.3, -0.25) is 15.2 Å². The van der Waals surface area contributed by atoms with Gasteiger partial charge < -0.3 is 21.5 Å². The van der Waals surface area contributed by atoms with E-state index in [1.807, 2.05) is 5.32 Å². The summed E-state index contributed by atoms with van der Waals surface area (Å²) in [6, 6.07) is 3.98. The van der Waals surface area contributed by atoms with E-state index in [-0.39, 0.29) is 36.7 Å². The van der Waals surface area contributed by atoms with Gasteiger partial charge in [-0.05, 0) is 30.0 Å². The number of nitrogens with two attached hydrogens (primary N) is 1. The smallest absolute Gasteiger partial charge is 0.401 e. The topological polar surface area (TPSA) is 184 Å². The third-order valence-corrected chi connectivity index (χ3v) is 6.91. The largest absolute Gasteiger partial charge is 0.511 e. The van der Waals surface area contributed by atoms with Crippen molar-refractivity contribution in [2.45, 2.75) is 25.4 Å². The van der Waals surface area contributed by atoms with Crippen molar-refractivity contribution in [3.8, 4) is 11.1 Å². The summed E-state index contributed by atoms with van der Waals surface area (Å²) in [7, 11) is -3.15. The van der Waals surface area contributed by atoms with Gasteiger partial charge in [0.05, 0.1) is 24.4 Å². The summed E-state index contributed by atoms with van der Waals surface area (Å²) in [6.07, 6.45) is 1.17. The van der Waals surface area contributed by atoms with E-state index in [2.05, 4.69) is 20.3 Å². The zero-order valence-corrected chi connectivity index (χ0v) is 22.5. The molecule has 1 heterocycles. The predicted molar refractivity (Wildman–Crippen MR) is 144 cm³/mol. The van der Waals surface area contributed by atoms with Crippen molar-refractivity contribution in [2.24, 2.45) is 16.1 Å². The molecule has 1 aromatic carbocycles. The number of anilines is 1. The van der Waals surface area contributed by atoms with Gasteiger partial charge >= 0.3 is 6.18 Å². The first-order valence-corrected chi connectivity index (χ1v) is 14.0. The number of alkyl halides is 3. The normalized spacial score (nSPS) is 15.5. The second-order valence-corrected chi connectivity index (χ2v) is 11.5. The average molecular weight is 598 g/mol. The number of aliphatic hydroxyl groups is 1. The molecule has 1 aromatic heterocycles. The van der Waals surface area contributed by atoms with Crippen LogP contribution in [0.4, 0.5) is 23.5 Å². The lowest BCUT2D eigenvalue weighted by Gasteiger charge is -2.18. The number of nitrogens with one attached hydrogen (secondary N) is 3. The number of benzene rings is 1. The fourth-order valence-electron chi connectivity index (χ4n) is 3.53. The maximum absolute atomic E-state index is 14.7. The first kappa shape index (κ1) is 31.2. The summed E-state index contributed by atoms with van der Waals surface area (Å²) in [5.74, 6) is -3.40. The highest BCUT2D eigenvalue weighted by atomic mass is 32.2. The number of aromatic nitrogens is 2. The minimum absolute atomic E-state index is 0.0340. The van der Waals surface area contributed by atoms with Crippen LogP contribution in [0.3, 0.4) is 0 Å². The lowest BCUT2D eigenvalue weighted by Crippen LogP contribution is -2.32. The van der Waals surface area contributed by atoms with Crippen LogP contribution < -0.4 is 16.4 Å². The van der Waals surface area contributed by atoms with E-state index in [4.69, 9.17) is 11.1 Å². The molecule has 2 aromatic rings. The second-order valence-electron chi connectivity index (χ2n) is 9.26. The van der Waals surface area contributed by atoms with Crippen LogP contribution >= 0.6 is 0 Å². The summed E-state index contributed by atoms with van der Waals surface area (Å²) in [4.78, 5) is 24.4. The van der Waals surface area contributed by atoms with E-state index in [1.165, 1.54) is 36.9 Å². The molecule has 1 aliphatic rings. The SMILES string of the molecule is CS(=O)(=O)CCN=CC(=CN)Nc1ncc(-c2ccc(CC(=O)NC(=N)/C=C(\O)C3(C(F)(F)F)CC3)c(F)c2)cn1. The maximum atomic E-state index is 14.7. The lowest BCUT2D eigenvalue weighted by atomic mass is 10.0. The zero-order valence-electron chi connectivity index (χ0n) is 21.7. The highest BCUT2D eigenvalue weighted by molar-refractivity contribution is 7.90. The fourth-order valence-corrected chi connectivity index (χ4v) is 3.96. The molecule has 1 fully saturated rings. The Morgan fingerprint density at radius 1 is 1.24 bits per heavy atom. The number of aliphatic imine (C=N–C) groups is 1. The number of halogens is 4. The van der Waals surface area contributed by atoms with Crippen molar-refractivity contribution >= 4 is 33.7 Å². The number of amidine groups is 1. The number of amides is 1. The van der Waals surface area contributed by atoms with Crippen molar-refractivity contribution in [1.29, 1.82) is 5.41 Å². The average Bonchev–Trinajstić information content (AvgIpc) is 3.69. The molecule has 220 valence electrons. The second kappa shape index (κ2) is 12.4. The number of sulfone groups is 1. The van der Waals surface area contributed by atoms with E-state index < -0.39 is 51.2 Å². The molecule has 41 heavy (non-hydrogen) atoms. The summed E-state index contributed by atoms with van der Waals surface area (Å²) in [5.41, 5.74) is 4.25. The molecule has 11 nitrogen and oxygen atoms in total. The first-order chi connectivity index (χ1) is 19.1. The zero-order chi connectivity index (χ0) is 30.4. The maximum Gasteiger partial charge on any atom is 0.401 e.